The quantitative estimate of drug-likeness (QED) is 0.478. The van der Waals surface area contributed by atoms with Crippen molar-refractivity contribution < 1.29 is 28.7 Å². The fraction of sp³-hybridized carbons (Fsp3) is 0.750. The summed E-state index contributed by atoms with van der Waals surface area (Å²) in [5.74, 6) is -2.04. The smallest absolute Gasteiger partial charge is 0.313 e. The summed E-state index contributed by atoms with van der Waals surface area (Å²) in [6.07, 6.45) is -0.547. The van der Waals surface area contributed by atoms with Crippen molar-refractivity contribution in [2.75, 3.05) is 6.61 Å². The Morgan fingerprint density at radius 1 is 0.909 bits per heavy atom. The van der Waals surface area contributed by atoms with Crippen LogP contribution in [0.15, 0.2) is 0 Å². The minimum Gasteiger partial charge on any atom is -0.465 e. The maximum absolute atomic E-state index is 11.8. The van der Waals surface area contributed by atoms with Gasteiger partial charge >= 0.3 is 11.9 Å². The van der Waals surface area contributed by atoms with E-state index in [0.29, 0.717) is 0 Å². The molecule has 22 heavy (non-hydrogen) atoms. The van der Waals surface area contributed by atoms with Gasteiger partial charge in [-0.25, -0.2) is 0 Å². The number of carbonyl (C=O) groups is 4. The average Bonchev–Trinajstić information content (AvgIpc) is 2.33. The molecule has 0 bridgehead atoms. The van der Waals surface area contributed by atoms with Crippen LogP contribution >= 0.6 is 0 Å². The first-order valence-electron chi connectivity index (χ1n) is 7.35. The first-order chi connectivity index (χ1) is 9.98. The second kappa shape index (κ2) is 8.66. The molecule has 0 aromatic heterocycles. The van der Waals surface area contributed by atoms with E-state index in [4.69, 9.17) is 9.47 Å². The Balaban J connectivity index is 4.77. The van der Waals surface area contributed by atoms with E-state index in [1.54, 1.807) is 13.8 Å². The topological polar surface area (TPSA) is 86.7 Å². The normalized spacial score (nSPS) is 14.9. The maximum atomic E-state index is 11.8. The highest BCUT2D eigenvalue weighted by Crippen LogP contribution is 2.31. The van der Waals surface area contributed by atoms with E-state index < -0.39 is 17.5 Å². The van der Waals surface area contributed by atoms with Gasteiger partial charge in [-0.3, -0.25) is 19.2 Å². The Hall–Kier alpha value is -1.72. The van der Waals surface area contributed by atoms with Crippen LogP contribution in [-0.2, 0) is 28.7 Å². The highest BCUT2D eigenvalue weighted by Gasteiger charge is 2.39. The van der Waals surface area contributed by atoms with Gasteiger partial charge in [-0.15, -0.1) is 0 Å². The maximum Gasteiger partial charge on any atom is 0.313 e. The van der Waals surface area contributed by atoms with Gasteiger partial charge in [0.15, 0.2) is 0 Å². The van der Waals surface area contributed by atoms with Crippen LogP contribution in [-0.4, -0.2) is 35.7 Å². The molecular weight excluding hydrogens is 288 g/mol. The van der Waals surface area contributed by atoms with Gasteiger partial charge in [0.25, 0.3) is 0 Å². The molecule has 0 aromatic carbocycles. The summed E-state index contributed by atoms with van der Waals surface area (Å²) in [5.41, 5.74) is -0.872. The fourth-order valence-electron chi connectivity index (χ4n) is 1.91. The summed E-state index contributed by atoms with van der Waals surface area (Å²) in [7, 11) is 0. The van der Waals surface area contributed by atoms with Crippen LogP contribution in [0.3, 0.4) is 0 Å². The molecule has 0 amide bonds. The SMILES string of the molecule is CC(=O)CC(=O)OCC(C)C(C)(OC(=O)CC(C)=O)C(C)C. The third-order valence-electron chi connectivity index (χ3n) is 3.74. The standard InChI is InChI=1S/C16H26O6/c1-10(2)16(6,22-15(20)8-13(5)18)11(3)9-21-14(19)7-12(4)17/h10-11H,7-9H2,1-6H3. The summed E-state index contributed by atoms with van der Waals surface area (Å²) in [6.45, 7) is 9.98. The van der Waals surface area contributed by atoms with Gasteiger partial charge in [-0.2, -0.15) is 0 Å². The van der Waals surface area contributed by atoms with Crippen molar-refractivity contribution in [3.05, 3.63) is 0 Å². The number of rotatable bonds is 9. The number of Topliss-reactive ketones (excluding diaryl/α,β-unsaturated/α-hetero) is 2. The van der Waals surface area contributed by atoms with Crippen molar-refractivity contribution in [2.24, 2.45) is 11.8 Å². The van der Waals surface area contributed by atoms with Crippen LogP contribution < -0.4 is 0 Å². The Kier molecular flexibility index (Phi) is 7.98. The monoisotopic (exact) mass is 314 g/mol. The molecule has 6 nitrogen and oxygen atoms in total. The van der Waals surface area contributed by atoms with Gasteiger partial charge in [0.1, 0.15) is 30.0 Å². The summed E-state index contributed by atoms with van der Waals surface area (Å²) < 4.78 is 10.5. The molecule has 126 valence electrons. The average molecular weight is 314 g/mol. The summed E-state index contributed by atoms with van der Waals surface area (Å²) >= 11 is 0. The minimum absolute atomic E-state index is 0.0359. The second-order valence-electron chi connectivity index (χ2n) is 6.15. The third kappa shape index (κ3) is 6.83. The first-order valence-corrected chi connectivity index (χ1v) is 7.35. The van der Waals surface area contributed by atoms with Crippen LogP contribution in [0, 0.1) is 11.8 Å². The van der Waals surface area contributed by atoms with E-state index in [2.05, 4.69) is 0 Å². The largest absolute Gasteiger partial charge is 0.465 e. The van der Waals surface area contributed by atoms with E-state index in [1.807, 2.05) is 13.8 Å². The predicted octanol–water partition coefficient (Wildman–Crippen LogP) is 2.08. The molecular formula is C16H26O6. The molecule has 0 radical (unpaired) electrons. The fourth-order valence-corrected chi connectivity index (χ4v) is 1.91. The van der Waals surface area contributed by atoms with E-state index in [-0.39, 0.29) is 42.9 Å². The Bertz CT molecular complexity index is 440. The molecule has 0 N–H and O–H groups in total. The van der Waals surface area contributed by atoms with Crippen LogP contribution in [0.1, 0.15) is 54.4 Å². The highest BCUT2D eigenvalue weighted by molar-refractivity contribution is 5.94. The van der Waals surface area contributed by atoms with Crippen molar-refractivity contribution in [1.29, 1.82) is 0 Å². The lowest BCUT2D eigenvalue weighted by Crippen LogP contribution is -2.45. The number of ether oxygens (including phenoxy) is 2. The number of carbonyl (C=O) groups excluding carboxylic acids is 4. The molecule has 0 heterocycles. The van der Waals surface area contributed by atoms with Crippen LogP contribution in [0.2, 0.25) is 0 Å². The molecule has 0 fully saturated rings. The molecule has 2 unspecified atom stereocenters. The number of ketones is 2. The van der Waals surface area contributed by atoms with E-state index in [9.17, 15) is 19.2 Å². The van der Waals surface area contributed by atoms with Crippen molar-refractivity contribution in [1.82, 2.24) is 0 Å². The molecule has 0 rings (SSSR count). The summed E-state index contributed by atoms with van der Waals surface area (Å²) in [6, 6.07) is 0. The number of hydrogen-bond acceptors (Lipinski definition) is 6. The van der Waals surface area contributed by atoms with Crippen molar-refractivity contribution >= 4 is 23.5 Å². The van der Waals surface area contributed by atoms with Gasteiger partial charge < -0.3 is 9.47 Å². The third-order valence-corrected chi connectivity index (χ3v) is 3.74. The van der Waals surface area contributed by atoms with Crippen LogP contribution in [0.5, 0.6) is 0 Å². The van der Waals surface area contributed by atoms with Crippen molar-refractivity contribution in [2.45, 2.75) is 60.0 Å². The van der Waals surface area contributed by atoms with Gasteiger partial charge in [0.05, 0.1) is 6.61 Å². The van der Waals surface area contributed by atoms with Crippen LogP contribution in [0.4, 0.5) is 0 Å². The number of hydrogen-bond donors (Lipinski definition) is 0. The van der Waals surface area contributed by atoms with E-state index in [0.717, 1.165) is 0 Å². The Labute approximate surface area is 131 Å². The molecule has 0 aromatic rings. The molecule has 0 saturated heterocycles. The van der Waals surface area contributed by atoms with E-state index in [1.165, 1.54) is 13.8 Å². The molecule has 2 atom stereocenters. The molecule has 6 heteroatoms. The minimum atomic E-state index is -0.872. The molecule has 0 saturated carbocycles. The Morgan fingerprint density at radius 3 is 1.77 bits per heavy atom. The second-order valence-corrected chi connectivity index (χ2v) is 6.15. The van der Waals surface area contributed by atoms with Gasteiger partial charge in [-0.1, -0.05) is 20.8 Å². The Morgan fingerprint density at radius 2 is 1.36 bits per heavy atom. The molecule has 0 aliphatic rings. The van der Waals surface area contributed by atoms with Crippen molar-refractivity contribution in [3.63, 3.8) is 0 Å². The zero-order valence-corrected chi connectivity index (χ0v) is 14.2. The lowest BCUT2D eigenvalue weighted by molar-refractivity contribution is -0.174. The zero-order valence-electron chi connectivity index (χ0n) is 14.2. The lowest BCUT2D eigenvalue weighted by atomic mass is 9.81. The summed E-state index contributed by atoms with van der Waals surface area (Å²) in [4.78, 5) is 45.0. The highest BCUT2D eigenvalue weighted by atomic mass is 16.6. The van der Waals surface area contributed by atoms with Gasteiger partial charge in [0, 0.05) is 5.92 Å². The van der Waals surface area contributed by atoms with E-state index >= 15 is 0 Å². The van der Waals surface area contributed by atoms with Gasteiger partial charge in [-0.05, 0) is 26.7 Å². The number of esters is 2. The zero-order chi connectivity index (χ0) is 17.5. The lowest BCUT2D eigenvalue weighted by Gasteiger charge is -2.38. The predicted molar refractivity (Wildman–Crippen MR) is 80.1 cm³/mol. The molecule has 0 aliphatic carbocycles. The van der Waals surface area contributed by atoms with Crippen molar-refractivity contribution in [3.8, 4) is 0 Å². The molecule has 0 aliphatic heterocycles. The molecule has 0 spiro atoms. The van der Waals surface area contributed by atoms with Crippen LogP contribution in [0.25, 0.3) is 0 Å². The van der Waals surface area contributed by atoms with Gasteiger partial charge in [0.2, 0.25) is 0 Å². The first kappa shape index (κ1) is 20.3. The summed E-state index contributed by atoms with van der Waals surface area (Å²) in [5, 5.41) is 0.